The highest BCUT2D eigenvalue weighted by Gasteiger charge is 2.25. The van der Waals surface area contributed by atoms with Crippen molar-refractivity contribution in [1.82, 2.24) is 0 Å². The first-order valence-electron chi connectivity index (χ1n) is 16.7. The van der Waals surface area contributed by atoms with Crippen LogP contribution in [-0.4, -0.2) is 0 Å². The SMILES string of the molecule is C1=Cc2c(c(-c3c4ccccc4c(-c4cc5c6ccccc6oc5c5ccccc45)c4ccccc34)cc3c2oc2ccccc23)CC1. The van der Waals surface area contributed by atoms with Gasteiger partial charge in [0.25, 0.3) is 0 Å². The molecule has 0 radical (unpaired) electrons. The largest absolute Gasteiger partial charge is 0.455 e. The molecule has 8 aromatic carbocycles. The second-order valence-electron chi connectivity index (χ2n) is 13.0. The van der Waals surface area contributed by atoms with E-state index in [0.717, 1.165) is 56.7 Å². The molecule has 0 aliphatic heterocycles. The van der Waals surface area contributed by atoms with E-state index < -0.39 is 0 Å². The number of allylic oxidation sites excluding steroid dienone is 1. The van der Waals surface area contributed by atoms with Crippen molar-refractivity contribution in [2.75, 3.05) is 0 Å². The monoisotopic (exact) mass is 612 g/mol. The van der Waals surface area contributed by atoms with Gasteiger partial charge < -0.3 is 8.83 Å². The third-order valence-corrected chi connectivity index (χ3v) is 10.5. The van der Waals surface area contributed by atoms with Crippen LogP contribution in [0.25, 0.3) is 105 Å². The van der Waals surface area contributed by atoms with Crippen LogP contribution in [0, 0.1) is 0 Å². The second-order valence-corrected chi connectivity index (χ2v) is 13.0. The molecule has 0 saturated carbocycles. The van der Waals surface area contributed by atoms with Gasteiger partial charge in [0.1, 0.15) is 22.3 Å². The summed E-state index contributed by atoms with van der Waals surface area (Å²) in [6.07, 6.45) is 6.57. The zero-order valence-corrected chi connectivity index (χ0v) is 26.1. The predicted octanol–water partition coefficient (Wildman–Crippen LogP) is 13.2. The second kappa shape index (κ2) is 9.70. The molecule has 0 fully saturated rings. The Balaban J connectivity index is 1.32. The smallest absolute Gasteiger partial charge is 0.143 e. The number of hydrogen-bond donors (Lipinski definition) is 0. The lowest BCUT2D eigenvalue weighted by atomic mass is 9.81. The van der Waals surface area contributed by atoms with Gasteiger partial charge in [-0.05, 0) is 91.9 Å². The zero-order chi connectivity index (χ0) is 31.3. The number of para-hydroxylation sites is 2. The molecule has 1 aliphatic carbocycles. The summed E-state index contributed by atoms with van der Waals surface area (Å²) in [5.74, 6) is 0. The van der Waals surface area contributed by atoms with Crippen molar-refractivity contribution < 1.29 is 8.83 Å². The lowest BCUT2D eigenvalue weighted by Gasteiger charge is -2.22. The summed E-state index contributed by atoms with van der Waals surface area (Å²) < 4.78 is 13.0. The number of benzene rings is 8. The van der Waals surface area contributed by atoms with Crippen LogP contribution in [0.3, 0.4) is 0 Å². The number of rotatable bonds is 2. The van der Waals surface area contributed by atoms with E-state index in [0.29, 0.717) is 0 Å². The fourth-order valence-corrected chi connectivity index (χ4v) is 8.48. The highest BCUT2D eigenvalue weighted by Crippen LogP contribution is 2.50. The van der Waals surface area contributed by atoms with Gasteiger partial charge in [-0.1, -0.05) is 121 Å². The highest BCUT2D eigenvalue weighted by atomic mass is 16.3. The molecular formula is C46H28O2. The first kappa shape index (κ1) is 26.0. The van der Waals surface area contributed by atoms with Gasteiger partial charge in [0.2, 0.25) is 0 Å². The normalized spacial score (nSPS) is 13.2. The van der Waals surface area contributed by atoms with Gasteiger partial charge in [0.15, 0.2) is 0 Å². The van der Waals surface area contributed by atoms with Crippen molar-refractivity contribution in [3.63, 3.8) is 0 Å². The summed E-state index contributed by atoms with van der Waals surface area (Å²) in [4.78, 5) is 0. The van der Waals surface area contributed by atoms with E-state index in [9.17, 15) is 0 Å². The van der Waals surface area contributed by atoms with Crippen LogP contribution >= 0.6 is 0 Å². The maximum Gasteiger partial charge on any atom is 0.143 e. The first-order valence-corrected chi connectivity index (χ1v) is 16.7. The molecule has 2 aromatic heterocycles. The molecule has 0 N–H and O–H groups in total. The Kier molecular flexibility index (Phi) is 5.25. The van der Waals surface area contributed by atoms with Crippen LogP contribution in [0.4, 0.5) is 0 Å². The van der Waals surface area contributed by atoms with Gasteiger partial charge in [-0.25, -0.2) is 0 Å². The number of furan rings is 2. The highest BCUT2D eigenvalue weighted by molar-refractivity contribution is 6.27. The molecule has 0 bridgehead atoms. The van der Waals surface area contributed by atoms with Gasteiger partial charge >= 0.3 is 0 Å². The Morgan fingerprint density at radius 3 is 1.48 bits per heavy atom. The number of hydrogen-bond acceptors (Lipinski definition) is 2. The minimum absolute atomic E-state index is 0.917. The summed E-state index contributed by atoms with van der Waals surface area (Å²) in [5, 5.41) is 12.0. The van der Waals surface area contributed by atoms with E-state index >= 15 is 0 Å². The zero-order valence-electron chi connectivity index (χ0n) is 26.1. The molecule has 0 unspecified atom stereocenters. The molecule has 0 atom stereocenters. The van der Waals surface area contributed by atoms with Crippen molar-refractivity contribution in [3.05, 3.63) is 151 Å². The third-order valence-electron chi connectivity index (χ3n) is 10.5. The standard InChI is InChI=1S/C46H28O2/c1-7-21-35-27(13-1)37(25-39-29-15-9-11-23-41(29)47-45(35)39)43-31-17-3-5-19-33(31)44(34-20-6-4-18-32(34)43)38-26-40-30-16-10-12-24-42(30)48-46(40)36-22-8-2-14-28(36)38/h1,3-13,15-26H,2,14H2. The van der Waals surface area contributed by atoms with Crippen molar-refractivity contribution in [1.29, 1.82) is 0 Å². The summed E-state index contributed by atoms with van der Waals surface area (Å²) >= 11 is 0. The molecule has 1 aliphatic rings. The molecule has 0 spiro atoms. The summed E-state index contributed by atoms with van der Waals surface area (Å²) in [5.41, 5.74) is 11.4. The minimum Gasteiger partial charge on any atom is -0.455 e. The van der Waals surface area contributed by atoms with E-state index in [1.807, 2.05) is 6.07 Å². The van der Waals surface area contributed by atoms with Crippen LogP contribution in [0.2, 0.25) is 0 Å². The maximum atomic E-state index is 6.53. The molecule has 0 saturated heterocycles. The minimum atomic E-state index is 0.917. The first-order chi connectivity index (χ1) is 23.8. The van der Waals surface area contributed by atoms with Gasteiger partial charge in [0.05, 0.1) is 0 Å². The molecule has 10 aromatic rings. The van der Waals surface area contributed by atoms with E-state index in [4.69, 9.17) is 8.83 Å². The molecule has 2 heterocycles. The number of fused-ring (bicyclic) bond motifs is 12. The van der Waals surface area contributed by atoms with Crippen molar-refractivity contribution >= 4 is 82.3 Å². The lowest BCUT2D eigenvalue weighted by Crippen LogP contribution is -2.00. The molecule has 224 valence electrons. The maximum absolute atomic E-state index is 6.53. The van der Waals surface area contributed by atoms with Crippen LogP contribution < -0.4 is 0 Å². The fourth-order valence-electron chi connectivity index (χ4n) is 8.48. The van der Waals surface area contributed by atoms with Gasteiger partial charge in [-0.2, -0.15) is 0 Å². The Labute approximate surface area is 276 Å². The molecule has 48 heavy (non-hydrogen) atoms. The Morgan fingerprint density at radius 2 is 0.854 bits per heavy atom. The van der Waals surface area contributed by atoms with E-state index in [2.05, 4.69) is 140 Å². The summed E-state index contributed by atoms with van der Waals surface area (Å²) in [7, 11) is 0. The lowest BCUT2D eigenvalue weighted by molar-refractivity contribution is 0.666. The Bertz CT molecular complexity index is 2950. The van der Waals surface area contributed by atoms with Gasteiger partial charge in [-0.15, -0.1) is 0 Å². The molecule has 2 nitrogen and oxygen atoms in total. The topological polar surface area (TPSA) is 26.3 Å². The Hall–Kier alpha value is -6.12. The summed E-state index contributed by atoms with van der Waals surface area (Å²) in [6, 6.07) is 48.3. The van der Waals surface area contributed by atoms with Crippen LogP contribution in [-0.2, 0) is 6.42 Å². The molecular weight excluding hydrogens is 585 g/mol. The van der Waals surface area contributed by atoms with Crippen LogP contribution in [0.5, 0.6) is 0 Å². The fraction of sp³-hybridized carbons (Fsp3) is 0.0435. The average Bonchev–Trinajstić information content (AvgIpc) is 3.72. The third kappa shape index (κ3) is 3.47. The van der Waals surface area contributed by atoms with Crippen molar-refractivity contribution in [3.8, 4) is 22.3 Å². The van der Waals surface area contributed by atoms with Gasteiger partial charge in [-0.3, -0.25) is 0 Å². The van der Waals surface area contributed by atoms with E-state index in [1.54, 1.807) is 0 Å². The van der Waals surface area contributed by atoms with Crippen molar-refractivity contribution in [2.24, 2.45) is 0 Å². The van der Waals surface area contributed by atoms with Crippen LogP contribution in [0.15, 0.2) is 148 Å². The van der Waals surface area contributed by atoms with Gasteiger partial charge in [0, 0.05) is 32.5 Å². The molecule has 2 heteroatoms. The summed E-state index contributed by atoms with van der Waals surface area (Å²) in [6.45, 7) is 0. The van der Waals surface area contributed by atoms with Crippen LogP contribution in [0.1, 0.15) is 17.5 Å². The Morgan fingerprint density at radius 1 is 0.396 bits per heavy atom. The molecule has 11 rings (SSSR count). The van der Waals surface area contributed by atoms with E-state index in [-0.39, 0.29) is 0 Å². The molecule has 0 amide bonds. The average molecular weight is 613 g/mol. The van der Waals surface area contributed by atoms with E-state index in [1.165, 1.54) is 65.7 Å². The van der Waals surface area contributed by atoms with Crippen molar-refractivity contribution in [2.45, 2.75) is 12.8 Å². The predicted molar refractivity (Wildman–Crippen MR) is 202 cm³/mol. The quantitative estimate of drug-likeness (QED) is 0.182.